The zero-order valence-corrected chi connectivity index (χ0v) is 13.4. The van der Waals surface area contributed by atoms with Crippen LogP contribution in [0, 0.1) is 5.92 Å². The minimum atomic E-state index is -0.414. The summed E-state index contributed by atoms with van der Waals surface area (Å²) < 4.78 is 10.9. The zero-order chi connectivity index (χ0) is 16.5. The Kier molecular flexibility index (Phi) is 3.88. The quantitative estimate of drug-likeness (QED) is 0.916. The second-order valence-electron chi connectivity index (χ2n) is 6.46. The van der Waals surface area contributed by atoms with E-state index in [4.69, 9.17) is 9.15 Å². The van der Waals surface area contributed by atoms with Gasteiger partial charge in [-0.05, 0) is 37.3 Å². The maximum atomic E-state index is 12.4. The van der Waals surface area contributed by atoms with Crippen molar-refractivity contribution >= 4 is 23.0 Å². The molecule has 24 heavy (non-hydrogen) atoms. The van der Waals surface area contributed by atoms with Crippen LogP contribution in [0.4, 0.5) is 4.79 Å². The molecular formula is C18H20N2O4. The molecule has 1 saturated carbocycles. The Morgan fingerprint density at radius 2 is 2.17 bits per heavy atom. The van der Waals surface area contributed by atoms with Crippen molar-refractivity contribution in [2.24, 2.45) is 5.92 Å². The van der Waals surface area contributed by atoms with Crippen LogP contribution in [0.25, 0.3) is 11.0 Å². The van der Waals surface area contributed by atoms with Gasteiger partial charge < -0.3 is 14.5 Å². The van der Waals surface area contributed by atoms with E-state index in [1.165, 1.54) is 4.90 Å². The molecule has 0 radical (unpaired) electrons. The molecule has 126 valence electrons. The van der Waals surface area contributed by atoms with E-state index in [0.29, 0.717) is 19.1 Å². The van der Waals surface area contributed by atoms with Gasteiger partial charge in [0.15, 0.2) is 0 Å². The Labute approximate surface area is 139 Å². The fraction of sp³-hybridized carbons (Fsp3) is 0.444. The van der Waals surface area contributed by atoms with E-state index in [2.05, 4.69) is 5.32 Å². The predicted octanol–water partition coefficient (Wildman–Crippen LogP) is 2.84. The third-order valence-electron chi connectivity index (χ3n) is 4.55. The summed E-state index contributed by atoms with van der Waals surface area (Å²) in [5.74, 6) is 1.02. The molecule has 2 heterocycles. The largest absolute Gasteiger partial charge is 0.459 e. The summed E-state index contributed by atoms with van der Waals surface area (Å²) in [5.41, 5.74) is 0.826. The molecule has 4 rings (SSSR count). The Morgan fingerprint density at radius 3 is 2.92 bits per heavy atom. The van der Waals surface area contributed by atoms with Crippen LogP contribution in [0.1, 0.15) is 31.1 Å². The molecule has 1 aromatic heterocycles. The fourth-order valence-electron chi connectivity index (χ4n) is 3.14. The number of nitrogens with one attached hydrogen (secondary N) is 1. The smallest absolute Gasteiger partial charge is 0.410 e. The first kappa shape index (κ1) is 15.1. The van der Waals surface area contributed by atoms with Gasteiger partial charge in [0.1, 0.15) is 17.9 Å². The molecule has 2 aromatic rings. The van der Waals surface area contributed by atoms with Gasteiger partial charge in [0, 0.05) is 11.9 Å². The Hall–Kier alpha value is -2.50. The number of cyclic esters (lactones) is 1. The first-order chi connectivity index (χ1) is 11.7. The van der Waals surface area contributed by atoms with Crippen molar-refractivity contribution in [2.75, 3.05) is 19.7 Å². The second-order valence-corrected chi connectivity index (χ2v) is 6.46. The Morgan fingerprint density at radius 1 is 1.33 bits per heavy atom. The van der Waals surface area contributed by atoms with Crippen molar-refractivity contribution in [3.63, 3.8) is 0 Å². The minimum Gasteiger partial charge on any atom is -0.459 e. The average molecular weight is 328 g/mol. The number of rotatable bonds is 5. The molecule has 2 aliphatic rings. The molecule has 1 aliphatic heterocycles. The molecule has 1 atom stereocenters. The molecule has 0 unspecified atom stereocenters. The van der Waals surface area contributed by atoms with Crippen LogP contribution >= 0.6 is 0 Å². The van der Waals surface area contributed by atoms with Gasteiger partial charge in [0.05, 0.1) is 12.6 Å². The number of furan rings is 1. The normalized spacial score (nSPS) is 19.2. The van der Waals surface area contributed by atoms with Crippen molar-refractivity contribution in [1.29, 1.82) is 0 Å². The molecule has 6 nitrogen and oxygen atoms in total. The van der Waals surface area contributed by atoms with E-state index in [1.807, 2.05) is 30.3 Å². The first-order valence-electron chi connectivity index (χ1n) is 8.40. The van der Waals surface area contributed by atoms with Crippen LogP contribution in [0.15, 0.2) is 34.7 Å². The molecule has 0 spiro atoms. The monoisotopic (exact) mass is 328 g/mol. The maximum absolute atomic E-state index is 12.4. The summed E-state index contributed by atoms with van der Waals surface area (Å²) in [4.78, 5) is 25.5. The number of ether oxygens (including phenoxy) is 1. The summed E-state index contributed by atoms with van der Waals surface area (Å²) in [6.07, 6.45) is 2.50. The van der Waals surface area contributed by atoms with Crippen molar-refractivity contribution in [2.45, 2.75) is 25.3 Å². The van der Waals surface area contributed by atoms with Gasteiger partial charge >= 0.3 is 6.09 Å². The van der Waals surface area contributed by atoms with Crippen molar-refractivity contribution in [3.05, 3.63) is 36.1 Å². The number of nitrogens with zero attached hydrogens (tertiary/aromatic N) is 1. The first-order valence-corrected chi connectivity index (χ1v) is 8.40. The second kappa shape index (κ2) is 6.19. The van der Waals surface area contributed by atoms with Crippen LogP contribution < -0.4 is 5.32 Å². The Bertz CT molecular complexity index is 732. The number of carbonyl (C=O) groups is 2. The van der Waals surface area contributed by atoms with Crippen LogP contribution in [-0.4, -0.2) is 36.6 Å². The van der Waals surface area contributed by atoms with Crippen molar-refractivity contribution < 1.29 is 18.7 Å². The molecule has 1 saturated heterocycles. The highest BCUT2D eigenvalue weighted by atomic mass is 16.6. The highest BCUT2D eigenvalue weighted by molar-refractivity contribution is 5.83. The van der Waals surface area contributed by atoms with Crippen LogP contribution in [0.2, 0.25) is 0 Å². The molecule has 1 aliphatic carbocycles. The van der Waals surface area contributed by atoms with Gasteiger partial charge in [0.2, 0.25) is 5.91 Å². The number of amides is 2. The summed E-state index contributed by atoms with van der Waals surface area (Å²) in [6.45, 7) is 1.02. The predicted molar refractivity (Wildman–Crippen MR) is 87.4 cm³/mol. The van der Waals surface area contributed by atoms with Gasteiger partial charge in [-0.15, -0.1) is 0 Å². The van der Waals surface area contributed by atoms with Gasteiger partial charge in [-0.3, -0.25) is 9.69 Å². The fourth-order valence-corrected chi connectivity index (χ4v) is 3.14. The molecule has 1 aromatic carbocycles. The Balaban J connectivity index is 1.47. The SMILES string of the molecule is O=C(CN1CCCOC1=O)N[C@H](c1cc2ccccc2o1)C1CC1. The third-order valence-corrected chi connectivity index (χ3v) is 4.55. The lowest BCUT2D eigenvalue weighted by molar-refractivity contribution is -0.123. The lowest BCUT2D eigenvalue weighted by Gasteiger charge is -2.26. The molecular weight excluding hydrogens is 308 g/mol. The van der Waals surface area contributed by atoms with Gasteiger partial charge in [0.25, 0.3) is 0 Å². The molecule has 6 heteroatoms. The average Bonchev–Trinajstić information content (AvgIpc) is 3.33. The number of benzene rings is 1. The van der Waals surface area contributed by atoms with E-state index in [-0.39, 0.29) is 18.5 Å². The highest BCUT2D eigenvalue weighted by Crippen LogP contribution is 2.42. The number of hydrogen-bond donors (Lipinski definition) is 1. The van der Waals surface area contributed by atoms with Gasteiger partial charge in [-0.25, -0.2) is 4.79 Å². The number of fused-ring (bicyclic) bond motifs is 1. The van der Waals surface area contributed by atoms with E-state index in [0.717, 1.165) is 36.0 Å². The van der Waals surface area contributed by atoms with E-state index in [1.54, 1.807) is 0 Å². The van der Waals surface area contributed by atoms with E-state index < -0.39 is 6.09 Å². The summed E-state index contributed by atoms with van der Waals surface area (Å²) in [5, 5.41) is 4.08. The summed E-state index contributed by atoms with van der Waals surface area (Å²) in [6, 6.07) is 9.68. The topological polar surface area (TPSA) is 71.8 Å². The van der Waals surface area contributed by atoms with Crippen LogP contribution in [-0.2, 0) is 9.53 Å². The summed E-state index contributed by atoms with van der Waals surface area (Å²) in [7, 11) is 0. The van der Waals surface area contributed by atoms with E-state index >= 15 is 0 Å². The number of para-hydroxylation sites is 1. The molecule has 0 bridgehead atoms. The van der Waals surface area contributed by atoms with Gasteiger partial charge in [-0.1, -0.05) is 18.2 Å². The van der Waals surface area contributed by atoms with Crippen LogP contribution in [0.3, 0.4) is 0 Å². The maximum Gasteiger partial charge on any atom is 0.410 e. The summed E-state index contributed by atoms with van der Waals surface area (Å²) >= 11 is 0. The highest BCUT2D eigenvalue weighted by Gasteiger charge is 2.36. The lowest BCUT2D eigenvalue weighted by Crippen LogP contribution is -2.45. The van der Waals surface area contributed by atoms with Crippen LogP contribution in [0.5, 0.6) is 0 Å². The number of carbonyl (C=O) groups excluding carboxylic acids is 2. The lowest BCUT2D eigenvalue weighted by atomic mass is 10.1. The third kappa shape index (κ3) is 3.09. The van der Waals surface area contributed by atoms with Gasteiger partial charge in [-0.2, -0.15) is 0 Å². The van der Waals surface area contributed by atoms with Crippen molar-refractivity contribution in [3.8, 4) is 0 Å². The number of hydrogen-bond acceptors (Lipinski definition) is 4. The molecule has 2 amide bonds. The molecule has 2 fully saturated rings. The van der Waals surface area contributed by atoms with Crippen molar-refractivity contribution in [1.82, 2.24) is 10.2 Å². The standard InChI is InChI=1S/C18H20N2O4/c21-16(11-20-8-3-9-23-18(20)22)19-17(12-6-7-12)15-10-13-4-1-2-5-14(13)24-15/h1-2,4-5,10,12,17H,3,6-9,11H2,(H,19,21)/t17-/m0/s1. The van der Waals surface area contributed by atoms with E-state index in [9.17, 15) is 9.59 Å². The zero-order valence-electron chi connectivity index (χ0n) is 13.4. The molecule has 1 N–H and O–H groups in total. The minimum absolute atomic E-state index is 0.0300.